The van der Waals surface area contributed by atoms with Crippen LogP contribution >= 0.6 is 0 Å². The summed E-state index contributed by atoms with van der Waals surface area (Å²) in [5, 5.41) is 0. The SMILES string of the molecule is CC(F)(F)C(F)(F)CCCOC(=O)c1ccco1. The Morgan fingerprint density at radius 1 is 1.39 bits per heavy atom. The van der Waals surface area contributed by atoms with Crippen LogP contribution in [0.15, 0.2) is 22.8 Å². The molecule has 0 aliphatic carbocycles. The molecule has 0 atom stereocenters. The van der Waals surface area contributed by atoms with E-state index in [9.17, 15) is 22.4 Å². The smallest absolute Gasteiger partial charge is 0.374 e. The first-order chi connectivity index (χ1) is 8.24. The Bertz CT molecular complexity index is 381. The van der Waals surface area contributed by atoms with Crippen molar-refractivity contribution < 1.29 is 31.5 Å². The third-order valence-electron chi connectivity index (χ3n) is 2.23. The van der Waals surface area contributed by atoms with Crippen molar-refractivity contribution in [2.45, 2.75) is 31.6 Å². The van der Waals surface area contributed by atoms with E-state index >= 15 is 0 Å². The molecular weight excluding hydrogens is 256 g/mol. The van der Waals surface area contributed by atoms with Gasteiger partial charge in [-0.1, -0.05) is 0 Å². The Labute approximate surface area is 101 Å². The summed E-state index contributed by atoms with van der Waals surface area (Å²) in [5.41, 5.74) is 0. The molecule has 0 aliphatic heterocycles. The lowest BCUT2D eigenvalue weighted by Gasteiger charge is -2.22. The highest BCUT2D eigenvalue weighted by molar-refractivity contribution is 5.86. The summed E-state index contributed by atoms with van der Waals surface area (Å²) < 4.78 is 59.8. The molecule has 0 unspecified atom stereocenters. The molecule has 0 bridgehead atoms. The van der Waals surface area contributed by atoms with Crippen LogP contribution < -0.4 is 0 Å². The fraction of sp³-hybridized carbons (Fsp3) is 0.545. The Balaban J connectivity index is 2.29. The number of carbonyl (C=O) groups excluding carboxylic acids is 1. The number of esters is 1. The van der Waals surface area contributed by atoms with E-state index in [0.29, 0.717) is 0 Å². The summed E-state index contributed by atoms with van der Waals surface area (Å²) in [4.78, 5) is 11.2. The van der Waals surface area contributed by atoms with Crippen LogP contribution in [-0.2, 0) is 4.74 Å². The minimum atomic E-state index is -4.11. The van der Waals surface area contributed by atoms with Crippen molar-refractivity contribution in [2.75, 3.05) is 6.61 Å². The maximum absolute atomic E-state index is 12.8. The average molecular weight is 268 g/mol. The van der Waals surface area contributed by atoms with E-state index < -0.39 is 24.2 Å². The molecule has 0 saturated heterocycles. The fourth-order valence-corrected chi connectivity index (χ4v) is 1.14. The average Bonchev–Trinajstić information content (AvgIpc) is 2.75. The second kappa shape index (κ2) is 5.41. The Kier molecular flexibility index (Phi) is 4.37. The lowest BCUT2D eigenvalue weighted by Crippen LogP contribution is -2.37. The maximum Gasteiger partial charge on any atom is 0.374 e. The first-order valence-corrected chi connectivity index (χ1v) is 5.20. The van der Waals surface area contributed by atoms with Gasteiger partial charge in [-0.15, -0.1) is 0 Å². The van der Waals surface area contributed by atoms with E-state index in [0.717, 1.165) is 0 Å². The van der Waals surface area contributed by atoms with Crippen LogP contribution in [0.25, 0.3) is 0 Å². The highest BCUT2D eigenvalue weighted by Crippen LogP contribution is 2.37. The van der Waals surface area contributed by atoms with Gasteiger partial charge in [0.2, 0.25) is 5.76 Å². The monoisotopic (exact) mass is 268 g/mol. The number of rotatable bonds is 6. The summed E-state index contributed by atoms with van der Waals surface area (Å²) in [5.74, 6) is -9.07. The molecule has 0 aromatic carbocycles. The van der Waals surface area contributed by atoms with Crippen molar-refractivity contribution in [1.82, 2.24) is 0 Å². The van der Waals surface area contributed by atoms with Crippen LogP contribution in [0.5, 0.6) is 0 Å². The zero-order chi connectivity index (χ0) is 13.8. The molecule has 1 heterocycles. The number of furan rings is 1. The van der Waals surface area contributed by atoms with E-state index in [1.807, 2.05) is 0 Å². The van der Waals surface area contributed by atoms with Crippen molar-refractivity contribution in [3.63, 3.8) is 0 Å². The minimum absolute atomic E-state index is 0.0671. The van der Waals surface area contributed by atoms with Crippen molar-refractivity contribution >= 4 is 5.97 Å². The van der Waals surface area contributed by atoms with Crippen LogP contribution in [-0.4, -0.2) is 24.4 Å². The minimum Gasteiger partial charge on any atom is -0.460 e. The number of halogens is 4. The molecule has 1 aromatic rings. The standard InChI is InChI=1S/C11H12F4O3/c1-10(12,13)11(14,15)5-3-7-18-9(16)8-4-2-6-17-8/h2,4,6H,3,5,7H2,1H3. The second-order valence-electron chi connectivity index (χ2n) is 3.81. The number of hydrogen-bond acceptors (Lipinski definition) is 3. The molecule has 3 nitrogen and oxygen atoms in total. The Morgan fingerprint density at radius 2 is 2.06 bits per heavy atom. The third-order valence-corrected chi connectivity index (χ3v) is 2.23. The van der Waals surface area contributed by atoms with Crippen LogP contribution in [0, 0.1) is 0 Å². The summed E-state index contributed by atoms with van der Waals surface area (Å²) in [7, 11) is 0. The second-order valence-corrected chi connectivity index (χ2v) is 3.81. The zero-order valence-electron chi connectivity index (χ0n) is 9.59. The molecule has 0 saturated carbocycles. The van der Waals surface area contributed by atoms with Crippen molar-refractivity contribution in [3.05, 3.63) is 24.2 Å². The molecule has 7 heteroatoms. The number of carbonyl (C=O) groups is 1. The van der Waals surface area contributed by atoms with Gasteiger partial charge in [0, 0.05) is 13.3 Å². The van der Waals surface area contributed by atoms with Crippen molar-refractivity contribution in [1.29, 1.82) is 0 Å². The Hall–Kier alpha value is -1.53. The van der Waals surface area contributed by atoms with Gasteiger partial charge in [0.1, 0.15) is 0 Å². The predicted octanol–water partition coefficient (Wildman–Crippen LogP) is 3.51. The van der Waals surface area contributed by atoms with Crippen molar-refractivity contribution in [2.24, 2.45) is 0 Å². The summed E-state index contributed by atoms with van der Waals surface area (Å²) in [6.45, 7) is -0.215. The highest BCUT2D eigenvalue weighted by atomic mass is 19.3. The summed E-state index contributed by atoms with van der Waals surface area (Å²) >= 11 is 0. The van der Waals surface area contributed by atoms with Gasteiger partial charge < -0.3 is 9.15 Å². The predicted molar refractivity (Wildman–Crippen MR) is 53.8 cm³/mol. The first kappa shape index (κ1) is 14.5. The lowest BCUT2D eigenvalue weighted by atomic mass is 10.1. The molecule has 1 rings (SSSR count). The lowest BCUT2D eigenvalue weighted by molar-refractivity contribution is -0.202. The summed E-state index contributed by atoms with van der Waals surface area (Å²) in [6.07, 6.45) is -0.160. The third kappa shape index (κ3) is 3.75. The fourth-order valence-electron chi connectivity index (χ4n) is 1.14. The van der Waals surface area contributed by atoms with Crippen LogP contribution in [0.1, 0.15) is 30.3 Å². The molecule has 1 aromatic heterocycles. The first-order valence-electron chi connectivity index (χ1n) is 5.20. The van der Waals surface area contributed by atoms with Gasteiger partial charge >= 0.3 is 17.8 Å². The normalized spacial score (nSPS) is 12.5. The van der Waals surface area contributed by atoms with Gasteiger partial charge in [-0.05, 0) is 18.6 Å². The molecule has 0 fully saturated rings. The van der Waals surface area contributed by atoms with Gasteiger partial charge in [-0.2, -0.15) is 8.78 Å². The van der Waals surface area contributed by atoms with E-state index in [-0.39, 0.29) is 25.7 Å². The van der Waals surface area contributed by atoms with E-state index in [2.05, 4.69) is 4.74 Å². The Morgan fingerprint density at radius 3 is 2.56 bits per heavy atom. The highest BCUT2D eigenvalue weighted by Gasteiger charge is 2.51. The van der Waals surface area contributed by atoms with Crippen LogP contribution in [0.4, 0.5) is 17.6 Å². The molecule has 18 heavy (non-hydrogen) atoms. The molecule has 0 spiro atoms. The van der Waals surface area contributed by atoms with Gasteiger partial charge in [-0.3, -0.25) is 0 Å². The maximum atomic E-state index is 12.8. The van der Waals surface area contributed by atoms with Gasteiger partial charge in [0.15, 0.2) is 0 Å². The number of ether oxygens (including phenoxy) is 1. The van der Waals surface area contributed by atoms with Crippen LogP contribution in [0.3, 0.4) is 0 Å². The van der Waals surface area contributed by atoms with E-state index in [1.54, 1.807) is 0 Å². The molecular formula is C11H12F4O3. The number of hydrogen-bond donors (Lipinski definition) is 0. The molecule has 0 N–H and O–H groups in total. The number of alkyl halides is 4. The molecule has 0 amide bonds. The molecule has 102 valence electrons. The topological polar surface area (TPSA) is 39.4 Å². The van der Waals surface area contributed by atoms with Gasteiger partial charge in [0.05, 0.1) is 12.9 Å². The van der Waals surface area contributed by atoms with Crippen molar-refractivity contribution in [3.8, 4) is 0 Å². The van der Waals surface area contributed by atoms with Gasteiger partial charge in [-0.25, -0.2) is 13.6 Å². The largest absolute Gasteiger partial charge is 0.460 e. The summed E-state index contributed by atoms with van der Waals surface area (Å²) in [6, 6.07) is 2.81. The molecule has 0 radical (unpaired) electrons. The quantitative estimate of drug-likeness (QED) is 0.450. The zero-order valence-corrected chi connectivity index (χ0v) is 9.59. The van der Waals surface area contributed by atoms with Gasteiger partial charge in [0.25, 0.3) is 0 Å². The van der Waals surface area contributed by atoms with E-state index in [4.69, 9.17) is 4.42 Å². The van der Waals surface area contributed by atoms with E-state index in [1.165, 1.54) is 18.4 Å². The van der Waals surface area contributed by atoms with Crippen LogP contribution in [0.2, 0.25) is 0 Å². The molecule has 0 aliphatic rings.